The maximum Gasteiger partial charge on any atom is 0.416 e. The summed E-state index contributed by atoms with van der Waals surface area (Å²) in [5, 5.41) is 14.1. The summed E-state index contributed by atoms with van der Waals surface area (Å²) in [6, 6.07) is 13.2. The van der Waals surface area contributed by atoms with Gasteiger partial charge in [0.05, 0.1) is 11.7 Å². The molecule has 180 valence electrons. The van der Waals surface area contributed by atoms with Crippen molar-refractivity contribution in [2.45, 2.75) is 50.5 Å². The van der Waals surface area contributed by atoms with E-state index in [-0.39, 0.29) is 30.1 Å². The zero-order valence-corrected chi connectivity index (χ0v) is 18.9. The van der Waals surface area contributed by atoms with E-state index >= 15 is 0 Å². The molecule has 4 nitrogen and oxygen atoms in total. The van der Waals surface area contributed by atoms with E-state index in [1.165, 1.54) is 12.1 Å². The lowest BCUT2D eigenvalue weighted by atomic mass is 9.74. The zero-order chi connectivity index (χ0) is 23.3. The first-order chi connectivity index (χ1) is 15.9. The molecule has 2 N–H and O–H groups in total. The molecule has 1 saturated carbocycles. The molecule has 0 radical (unpaired) electrons. The molecular formula is C26H33F3N2O2. The molecule has 0 aromatic heterocycles. The number of hydrogen-bond acceptors (Lipinski definition) is 4. The molecule has 4 rings (SSSR count). The Hall–Kier alpha value is -2.09. The fraction of sp³-hybridized carbons (Fsp3) is 0.538. The Morgan fingerprint density at radius 2 is 1.70 bits per heavy atom. The van der Waals surface area contributed by atoms with Crippen LogP contribution in [0.2, 0.25) is 0 Å². The third-order valence-electron chi connectivity index (χ3n) is 6.99. The van der Waals surface area contributed by atoms with E-state index in [4.69, 9.17) is 4.74 Å². The third kappa shape index (κ3) is 6.28. The van der Waals surface area contributed by atoms with Gasteiger partial charge in [0.25, 0.3) is 0 Å². The Labute approximate surface area is 193 Å². The van der Waals surface area contributed by atoms with E-state index in [9.17, 15) is 18.3 Å². The summed E-state index contributed by atoms with van der Waals surface area (Å²) in [6.07, 6.45) is -0.611. The van der Waals surface area contributed by atoms with Crippen LogP contribution in [0.15, 0.2) is 48.5 Å². The molecule has 0 spiro atoms. The number of alkyl halides is 3. The van der Waals surface area contributed by atoms with Gasteiger partial charge in [-0.15, -0.1) is 0 Å². The molecule has 2 aromatic rings. The van der Waals surface area contributed by atoms with Gasteiger partial charge >= 0.3 is 6.18 Å². The van der Waals surface area contributed by atoms with Crippen LogP contribution in [0.3, 0.4) is 0 Å². The van der Waals surface area contributed by atoms with Gasteiger partial charge in [0.1, 0.15) is 12.4 Å². The van der Waals surface area contributed by atoms with Crippen molar-refractivity contribution in [1.29, 1.82) is 0 Å². The Kier molecular flexibility index (Phi) is 7.94. The van der Waals surface area contributed by atoms with Crippen molar-refractivity contribution < 1.29 is 23.0 Å². The molecule has 3 atom stereocenters. The van der Waals surface area contributed by atoms with E-state index in [0.717, 1.165) is 70.0 Å². The number of rotatable bonds is 7. The van der Waals surface area contributed by atoms with Crippen LogP contribution in [-0.2, 0) is 12.8 Å². The highest BCUT2D eigenvalue weighted by molar-refractivity contribution is 5.33. The summed E-state index contributed by atoms with van der Waals surface area (Å²) in [6.45, 7) is 4.72. The highest BCUT2D eigenvalue weighted by Crippen LogP contribution is 2.38. The molecule has 2 fully saturated rings. The van der Waals surface area contributed by atoms with Crippen molar-refractivity contribution >= 4 is 0 Å². The topological polar surface area (TPSA) is 44.7 Å². The average Bonchev–Trinajstić information content (AvgIpc) is 2.82. The van der Waals surface area contributed by atoms with Crippen LogP contribution in [0.25, 0.3) is 0 Å². The first-order valence-corrected chi connectivity index (χ1v) is 11.9. The number of aliphatic hydroxyl groups is 1. The van der Waals surface area contributed by atoms with E-state index in [1.54, 1.807) is 6.07 Å². The van der Waals surface area contributed by atoms with E-state index in [0.29, 0.717) is 5.75 Å². The summed E-state index contributed by atoms with van der Waals surface area (Å²) in [5.74, 6) is 0.985. The molecule has 33 heavy (non-hydrogen) atoms. The first kappa shape index (κ1) is 24.0. The number of piperazine rings is 1. The van der Waals surface area contributed by atoms with Crippen molar-refractivity contribution in [2.24, 2.45) is 5.92 Å². The second-order valence-electron chi connectivity index (χ2n) is 9.19. The van der Waals surface area contributed by atoms with Gasteiger partial charge in [0.15, 0.2) is 0 Å². The van der Waals surface area contributed by atoms with Gasteiger partial charge in [-0.25, -0.2) is 0 Å². The smallest absolute Gasteiger partial charge is 0.416 e. The highest BCUT2D eigenvalue weighted by atomic mass is 19.4. The van der Waals surface area contributed by atoms with Gasteiger partial charge in [-0.1, -0.05) is 43.2 Å². The highest BCUT2D eigenvalue weighted by Gasteiger charge is 2.34. The monoisotopic (exact) mass is 462 g/mol. The minimum atomic E-state index is -4.40. The van der Waals surface area contributed by atoms with Crippen LogP contribution in [0.5, 0.6) is 5.75 Å². The van der Waals surface area contributed by atoms with Crippen LogP contribution < -0.4 is 10.1 Å². The average molecular weight is 463 g/mol. The molecule has 7 heteroatoms. The van der Waals surface area contributed by atoms with Gasteiger partial charge in [0, 0.05) is 44.2 Å². The molecular weight excluding hydrogens is 429 g/mol. The van der Waals surface area contributed by atoms with Crippen molar-refractivity contribution in [1.82, 2.24) is 10.2 Å². The number of ether oxygens (including phenoxy) is 1. The van der Waals surface area contributed by atoms with Crippen LogP contribution >= 0.6 is 0 Å². The van der Waals surface area contributed by atoms with Crippen LogP contribution in [0.4, 0.5) is 13.2 Å². The standard InChI is InChI=1S/C26H33F3N2O2/c27-26(28,29)24-7-3-1-5-20(24)18-33-21-11-9-19(10-12-21)23(17-31-15-13-30-14-16-31)22-6-2-4-8-25(22)32/h1,3,5,7,9-12,22-23,25,30,32H,2,4,6,8,13-18H2. The van der Waals surface area contributed by atoms with Gasteiger partial charge < -0.3 is 20.1 Å². The second kappa shape index (κ2) is 10.9. The lowest BCUT2D eigenvalue weighted by Crippen LogP contribution is -2.46. The number of nitrogens with one attached hydrogen (secondary N) is 1. The number of aliphatic hydroxyl groups excluding tert-OH is 1. The lowest BCUT2D eigenvalue weighted by Gasteiger charge is -2.38. The van der Waals surface area contributed by atoms with E-state index < -0.39 is 11.7 Å². The fourth-order valence-electron chi connectivity index (χ4n) is 5.16. The van der Waals surface area contributed by atoms with Crippen molar-refractivity contribution in [3.63, 3.8) is 0 Å². The zero-order valence-electron chi connectivity index (χ0n) is 18.9. The normalized spacial score (nSPS) is 23.3. The predicted octanol–water partition coefficient (Wildman–Crippen LogP) is 4.82. The van der Waals surface area contributed by atoms with Crippen molar-refractivity contribution in [3.05, 3.63) is 65.2 Å². The third-order valence-corrected chi connectivity index (χ3v) is 6.99. The number of benzene rings is 2. The molecule has 1 aliphatic heterocycles. The largest absolute Gasteiger partial charge is 0.489 e. The minimum absolute atomic E-state index is 0.121. The second-order valence-corrected chi connectivity index (χ2v) is 9.19. The fourth-order valence-corrected chi connectivity index (χ4v) is 5.16. The van der Waals surface area contributed by atoms with Gasteiger partial charge in [-0.3, -0.25) is 0 Å². The lowest BCUT2D eigenvalue weighted by molar-refractivity contribution is -0.138. The van der Waals surface area contributed by atoms with Crippen molar-refractivity contribution in [2.75, 3.05) is 32.7 Å². The summed E-state index contributed by atoms with van der Waals surface area (Å²) >= 11 is 0. The molecule has 3 unspecified atom stereocenters. The maximum atomic E-state index is 13.2. The molecule has 1 saturated heterocycles. The number of halogens is 3. The molecule has 1 aliphatic carbocycles. The molecule has 2 aliphatic rings. The van der Waals surface area contributed by atoms with Crippen molar-refractivity contribution in [3.8, 4) is 5.75 Å². The Bertz CT molecular complexity index is 882. The SMILES string of the molecule is OC1CCCCC1C(CN1CCNCC1)c1ccc(OCc2ccccc2C(F)(F)F)cc1. The molecule has 0 bridgehead atoms. The molecule has 2 aromatic carbocycles. The Balaban J connectivity index is 1.47. The van der Waals surface area contributed by atoms with Crippen LogP contribution in [0, 0.1) is 5.92 Å². The minimum Gasteiger partial charge on any atom is -0.489 e. The van der Waals surface area contributed by atoms with Crippen LogP contribution in [0.1, 0.15) is 48.3 Å². The summed E-state index contributed by atoms with van der Waals surface area (Å²) in [4.78, 5) is 2.46. The van der Waals surface area contributed by atoms with E-state index in [2.05, 4.69) is 10.2 Å². The van der Waals surface area contributed by atoms with E-state index in [1.807, 2.05) is 24.3 Å². The van der Waals surface area contributed by atoms with Gasteiger partial charge in [0.2, 0.25) is 0 Å². The summed E-state index contributed by atoms with van der Waals surface area (Å²) in [5.41, 5.74) is 0.613. The van der Waals surface area contributed by atoms with Crippen LogP contribution in [-0.4, -0.2) is 48.8 Å². The molecule has 1 heterocycles. The van der Waals surface area contributed by atoms with Gasteiger partial charge in [-0.05, 0) is 42.5 Å². The maximum absolute atomic E-state index is 13.2. The predicted molar refractivity (Wildman–Crippen MR) is 122 cm³/mol. The molecule has 0 amide bonds. The first-order valence-electron chi connectivity index (χ1n) is 11.9. The summed E-state index contributed by atoms with van der Waals surface area (Å²) < 4.78 is 45.4. The number of hydrogen-bond donors (Lipinski definition) is 2. The van der Waals surface area contributed by atoms with Gasteiger partial charge in [-0.2, -0.15) is 13.2 Å². The Morgan fingerprint density at radius 1 is 1.00 bits per heavy atom. The summed E-state index contributed by atoms with van der Waals surface area (Å²) in [7, 11) is 0. The Morgan fingerprint density at radius 3 is 2.39 bits per heavy atom. The number of nitrogens with zero attached hydrogens (tertiary/aromatic N) is 1. The quantitative estimate of drug-likeness (QED) is 0.619.